The van der Waals surface area contributed by atoms with Crippen molar-refractivity contribution < 1.29 is 8.42 Å². The zero-order valence-corrected chi connectivity index (χ0v) is 14.2. The van der Waals surface area contributed by atoms with Crippen molar-refractivity contribution in [3.8, 4) is 0 Å². The number of sulfonamides is 1. The van der Waals surface area contributed by atoms with Crippen molar-refractivity contribution in [2.75, 3.05) is 18.8 Å². The highest BCUT2D eigenvalue weighted by molar-refractivity contribution is 8.00. The fourth-order valence-corrected chi connectivity index (χ4v) is 5.16. The number of aromatic nitrogens is 2. The first-order chi connectivity index (χ1) is 10.0. The van der Waals surface area contributed by atoms with E-state index in [0.29, 0.717) is 34.6 Å². The van der Waals surface area contributed by atoms with Crippen LogP contribution in [0.25, 0.3) is 0 Å². The summed E-state index contributed by atoms with van der Waals surface area (Å²) >= 11 is 1.84. The molecule has 1 atom stereocenters. The van der Waals surface area contributed by atoms with E-state index in [2.05, 4.69) is 27.2 Å². The molecule has 1 saturated heterocycles. The van der Waals surface area contributed by atoms with Gasteiger partial charge >= 0.3 is 0 Å². The van der Waals surface area contributed by atoms with Crippen LogP contribution in [0.3, 0.4) is 0 Å². The van der Waals surface area contributed by atoms with E-state index in [-0.39, 0.29) is 0 Å². The van der Waals surface area contributed by atoms with Crippen molar-refractivity contribution in [1.82, 2.24) is 20.2 Å². The second kappa shape index (κ2) is 7.62. The quantitative estimate of drug-likeness (QED) is 0.626. The molecule has 0 aromatic carbocycles. The summed E-state index contributed by atoms with van der Waals surface area (Å²) in [5.41, 5.74) is 1.15. The van der Waals surface area contributed by atoms with Crippen molar-refractivity contribution in [2.45, 2.75) is 49.8 Å². The maximum atomic E-state index is 12.5. The van der Waals surface area contributed by atoms with Crippen molar-refractivity contribution in [2.24, 2.45) is 0 Å². The number of nitrogens with zero attached hydrogens (tertiary/aromatic N) is 1. The Labute approximate surface area is 130 Å². The van der Waals surface area contributed by atoms with Gasteiger partial charge in [0.1, 0.15) is 4.90 Å². The molecule has 6 nitrogen and oxygen atoms in total. The third-order valence-corrected chi connectivity index (χ3v) is 6.50. The second-order valence-electron chi connectivity index (χ2n) is 5.29. The third kappa shape index (κ3) is 4.45. The summed E-state index contributed by atoms with van der Waals surface area (Å²) in [6, 6.07) is 0. The number of rotatable bonds is 8. The molecule has 1 fully saturated rings. The average Bonchev–Trinajstić information content (AvgIpc) is 3.07. The number of H-pyrrole nitrogens is 1. The number of hydrogen-bond donors (Lipinski definition) is 3. The summed E-state index contributed by atoms with van der Waals surface area (Å²) in [7, 11) is -3.50. The van der Waals surface area contributed by atoms with Crippen LogP contribution in [-0.2, 0) is 16.6 Å². The molecule has 3 N–H and O–H groups in total. The van der Waals surface area contributed by atoms with Gasteiger partial charge in [0.15, 0.2) is 0 Å². The van der Waals surface area contributed by atoms with E-state index in [9.17, 15) is 8.42 Å². The van der Waals surface area contributed by atoms with Crippen molar-refractivity contribution >= 4 is 21.8 Å². The number of aromatic amines is 1. The van der Waals surface area contributed by atoms with Crippen LogP contribution in [-0.4, -0.2) is 42.7 Å². The molecule has 1 aromatic rings. The van der Waals surface area contributed by atoms with Gasteiger partial charge in [-0.05, 0) is 38.5 Å². The van der Waals surface area contributed by atoms with Crippen molar-refractivity contribution in [3.05, 3.63) is 11.4 Å². The third-order valence-electron chi connectivity index (χ3n) is 3.47. The number of aryl methyl sites for hydroxylation is 1. The molecule has 21 heavy (non-hydrogen) atoms. The fourth-order valence-electron chi connectivity index (χ4n) is 2.41. The topological polar surface area (TPSA) is 86.9 Å². The summed E-state index contributed by atoms with van der Waals surface area (Å²) in [6.07, 6.45) is 3.26. The first kappa shape index (κ1) is 16.8. The highest BCUT2D eigenvalue weighted by Gasteiger charge is 2.25. The number of nitrogens with one attached hydrogen (secondary N) is 3. The second-order valence-corrected chi connectivity index (χ2v) is 8.40. The number of hydrogen-bond acceptors (Lipinski definition) is 5. The summed E-state index contributed by atoms with van der Waals surface area (Å²) in [6.45, 7) is 5.63. The Balaban J connectivity index is 2.05. The Morgan fingerprint density at radius 3 is 2.95 bits per heavy atom. The Bertz CT molecular complexity index is 551. The van der Waals surface area contributed by atoms with E-state index in [1.165, 1.54) is 6.42 Å². The summed E-state index contributed by atoms with van der Waals surface area (Å²) in [5, 5.41) is 10.5. The number of thioether (sulfide) groups is 1. The normalized spacial score (nSPS) is 19.2. The first-order valence-electron chi connectivity index (χ1n) is 7.40. The summed E-state index contributed by atoms with van der Waals surface area (Å²) in [4.78, 5) is 0.300. The SMILES string of the molecule is CCCNCc1n[nH]c(C)c1S(=O)(=O)NCC1CCCS1. The van der Waals surface area contributed by atoms with Crippen LogP contribution in [0.15, 0.2) is 4.90 Å². The highest BCUT2D eigenvalue weighted by atomic mass is 32.2. The molecule has 0 radical (unpaired) electrons. The van der Waals surface area contributed by atoms with E-state index < -0.39 is 10.0 Å². The van der Waals surface area contributed by atoms with Crippen LogP contribution in [0.4, 0.5) is 0 Å². The largest absolute Gasteiger partial charge is 0.311 e. The Kier molecular flexibility index (Phi) is 6.09. The molecule has 0 spiro atoms. The molecule has 2 rings (SSSR count). The minimum Gasteiger partial charge on any atom is -0.311 e. The van der Waals surface area contributed by atoms with Gasteiger partial charge in [-0.2, -0.15) is 16.9 Å². The summed E-state index contributed by atoms with van der Waals surface area (Å²) < 4.78 is 27.8. The van der Waals surface area contributed by atoms with Gasteiger partial charge in [-0.3, -0.25) is 5.10 Å². The predicted octanol–water partition coefficient (Wildman–Crippen LogP) is 1.39. The molecule has 2 heterocycles. The molecule has 1 aliphatic heterocycles. The Morgan fingerprint density at radius 2 is 2.29 bits per heavy atom. The van der Waals surface area contributed by atoms with Crippen molar-refractivity contribution in [3.63, 3.8) is 0 Å². The predicted molar refractivity (Wildman–Crippen MR) is 86.0 cm³/mol. The van der Waals surface area contributed by atoms with Crippen LogP contribution in [0.1, 0.15) is 37.6 Å². The van der Waals surface area contributed by atoms with E-state index in [1.807, 2.05) is 11.8 Å². The average molecular weight is 332 g/mol. The van der Waals surface area contributed by atoms with Crippen molar-refractivity contribution in [1.29, 1.82) is 0 Å². The van der Waals surface area contributed by atoms with Gasteiger partial charge < -0.3 is 5.32 Å². The molecule has 8 heteroatoms. The monoisotopic (exact) mass is 332 g/mol. The maximum Gasteiger partial charge on any atom is 0.244 e. The lowest BCUT2D eigenvalue weighted by Crippen LogP contribution is -2.31. The molecular formula is C13H24N4O2S2. The lowest BCUT2D eigenvalue weighted by Gasteiger charge is -2.11. The molecule has 0 amide bonds. The van der Waals surface area contributed by atoms with Gasteiger partial charge in [0.25, 0.3) is 0 Å². The lowest BCUT2D eigenvalue weighted by molar-refractivity contribution is 0.575. The van der Waals surface area contributed by atoms with Gasteiger partial charge in [-0.25, -0.2) is 13.1 Å². The molecular weight excluding hydrogens is 308 g/mol. The van der Waals surface area contributed by atoms with E-state index >= 15 is 0 Å². The highest BCUT2D eigenvalue weighted by Crippen LogP contribution is 2.26. The van der Waals surface area contributed by atoms with Gasteiger partial charge in [0.05, 0.1) is 11.4 Å². The standard InChI is InChI=1S/C13H24N4O2S2/c1-3-6-14-9-12-13(10(2)16-17-12)21(18,19)15-8-11-5-4-7-20-11/h11,14-15H,3-9H2,1-2H3,(H,16,17). The van der Waals surface area contributed by atoms with E-state index in [4.69, 9.17) is 0 Å². The zero-order valence-electron chi connectivity index (χ0n) is 12.6. The van der Waals surface area contributed by atoms with E-state index in [0.717, 1.165) is 25.1 Å². The lowest BCUT2D eigenvalue weighted by atomic mass is 10.2. The fraction of sp³-hybridized carbons (Fsp3) is 0.769. The van der Waals surface area contributed by atoms with Crippen LogP contribution >= 0.6 is 11.8 Å². The maximum absolute atomic E-state index is 12.5. The Hall–Kier alpha value is -0.570. The molecule has 120 valence electrons. The van der Waals surface area contributed by atoms with E-state index in [1.54, 1.807) is 6.92 Å². The molecule has 1 aromatic heterocycles. The van der Waals surface area contributed by atoms with Gasteiger partial charge in [0, 0.05) is 18.3 Å². The van der Waals surface area contributed by atoms with Gasteiger partial charge in [-0.1, -0.05) is 6.92 Å². The van der Waals surface area contributed by atoms with Crippen LogP contribution < -0.4 is 10.0 Å². The molecule has 1 unspecified atom stereocenters. The van der Waals surface area contributed by atoms with Crippen LogP contribution in [0, 0.1) is 6.92 Å². The minimum absolute atomic E-state index is 0.300. The first-order valence-corrected chi connectivity index (χ1v) is 9.93. The van der Waals surface area contributed by atoms with Crippen LogP contribution in [0.2, 0.25) is 0 Å². The minimum atomic E-state index is -3.50. The Morgan fingerprint density at radius 1 is 1.48 bits per heavy atom. The molecule has 0 bridgehead atoms. The van der Waals surface area contributed by atoms with Crippen LogP contribution in [0.5, 0.6) is 0 Å². The molecule has 1 aliphatic rings. The van der Waals surface area contributed by atoms with Gasteiger partial charge in [-0.15, -0.1) is 0 Å². The molecule has 0 aliphatic carbocycles. The van der Waals surface area contributed by atoms with Gasteiger partial charge in [0.2, 0.25) is 10.0 Å². The zero-order chi connectivity index (χ0) is 15.3. The summed E-state index contributed by atoms with van der Waals surface area (Å²) in [5.74, 6) is 1.13. The smallest absolute Gasteiger partial charge is 0.244 e. The molecule has 0 saturated carbocycles.